The number of anilines is 1. The quantitative estimate of drug-likeness (QED) is 0.690. The summed E-state index contributed by atoms with van der Waals surface area (Å²) >= 11 is 6.07. The van der Waals surface area contributed by atoms with E-state index in [1.54, 1.807) is 12.1 Å². The molecule has 1 aliphatic heterocycles. The van der Waals surface area contributed by atoms with Gasteiger partial charge in [-0.05, 0) is 26.0 Å². The molecule has 1 heterocycles. The SMILES string of the molecule is C=C(C)CN(CC)C(=O)CN1CCN(CC(=O)Nc2ccccc2Cl)CC1. The number of benzene rings is 1. The zero-order chi connectivity index (χ0) is 19.8. The third kappa shape index (κ3) is 6.97. The topological polar surface area (TPSA) is 55.9 Å². The van der Waals surface area contributed by atoms with E-state index in [-0.39, 0.29) is 11.8 Å². The summed E-state index contributed by atoms with van der Waals surface area (Å²) < 4.78 is 0. The van der Waals surface area contributed by atoms with Crippen LogP contribution in [0.4, 0.5) is 5.69 Å². The number of carbonyl (C=O) groups excluding carboxylic acids is 2. The lowest BCUT2D eigenvalue weighted by Crippen LogP contribution is -2.51. The van der Waals surface area contributed by atoms with Crippen molar-refractivity contribution < 1.29 is 9.59 Å². The van der Waals surface area contributed by atoms with Crippen molar-refractivity contribution in [2.75, 3.05) is 57.7 Å². The van der Waals surface area contributed by atoms with E-state index in [2.05, 4.69) is 21.7 Å². The minimum atomic E-state index is -0.0776. The van der Waals surface area contributed by atoms with Crippen LogP contribution in [0.25, 0.3) is 0 Å². The summed E-state index contributed by atoms with van der Waals surface area (Å²) in [5.74, 6) is 0.0525. The van der Waals surface area contributed by atoms with Gasteiger partial charge >= 0.3 is 0 Å². The summed E-state index contributed by atoms with van der Waals surface area (Å²) in [6, 6.07) is 7.20. The van der Waals surface area contributed by atoms with Crippen molar-refractivity contribution in [2.45, 2.75) is 13.8 Å². The maximum atomic E-state index is 12.4. The number of likely N-dealkylation sites (N-methyl/N-ethyl adjacent to an activating group) is 1. The van der Waals surface area contributed by atoms with Gasteiger partial charge in [-0.3, -0.25) is 19.4 Å². The minimum Gasteiger partial charge on any atom is -0.338 e. The van der Waals surface area contributed by atoms with Crippen LogP contribution in [0.1, 0.15) is 13.8 Å². The molecule has 27 heavy (non-hydrogen) atoms. The first-order valence-corrected chi connectivity index (χ1v) is 9.68. The second-order valence-electron chi connectivity index (χ2n) is 6.95. The van der Waals surface area contributed by atoms with Crippen LogP contribution >= 0.6 is 11.6 Å². The number of hydrogen-bond donors (Lipinski definition) is 1. The second-order valence-corrected chi connectivity index (χ2v) is 7.35. The average molecular weight is 393 g/mol. The van der Waals surface area contributed by atoms with Crippen LogP contribution in [-0.2, 0) is 9.59 Å². The first-order chi connectivity index (χ1) is 12.9. The molecule has 1 aromatic rings. The number of piperazine rings is 1. The Labute approximate surface area is 166 Å². The van der Waals surface area contributed by atoms with Gasteiger partial charge in [-0.1, -0.05) is 35.9 Å². The lowest BCUT2D eigenvalue weighted by Gasteiger charge is -2.35. The molecule has 1 fully saturated rings. The molecule has 0 bridgehead atoms. The van der Waals surface area contributed by atoms with Crippen LogP contribution in [0.15, 0.2) is 36.4 Å². The molecule has 2 amide bonds. The van der Waals surface area contributed by atoms with Gasteiger partial charge in [0.25, 0.3) is 0 Å². The number of hydrogen-bond acceptors (Lipinski definition) is 4. The molecule has 1 aliphatic rings. The summed E-state index contributed by atoms with van der Waals surface area (Å²) in [4.78, 5) is 30.7. The molecule has 1 saturated heterocycles. The number of nitrogens with one attached hydrogen (secondary N) is 1. The molecule has 6 nitrogen and oxygen atoms in total. The molecule has 0 atom stereocenters. The predicted octanol–water partition coefficient (Wildman–Crippen LogP) is 2.32. The molecule has 0 spiro atoms. The van der Waals surface area contributed by atoms with Gasteiger partial charge in [0, 0.05) is 39.3 Å². The first kappa shape index (κ1) is 21.4. The van der Waals surface area contributed by atoms with E-state index in [4.69, 9.17) is 11.6 Å². The Morgan fingerprint density at radius 1 is 1.15 bits per heavy atom. The number of halogens is 1. The smallest absolute Gasteiger partial charge is 0.238 e. The van der Waals surface area contributed by atoms with E-state index >= 15 is 0 Å². The fourth-order valence-corrected chi connectivity index (χ4v) is 3.24. The van der Waals surface area contributed by atoms with Gasteiger partial charge in [0.05, 0.1) is 23.8 Å². The fraction of sp³-hybridized carbons (Fsp3) is 0.500. The van der Waals surface area contributed by atoms with E-state index in [0.29, 0.717) is 36.9 Å². The van der Waals surface area contributed by atoms with Crippen molar-refractivity contribution in [3.05, 3.63) is 41.4 Å². The molecule has 0 aliphatic carbocycles. The fourth-order valence-electron chi connectivity index (χ4n) is 3.05. The van der Waals surface area contributed by atoms with E-state index in [0.717, 1.165) is 31.8 Å². The number of carbonyl (C=O) groups is 2. The Bertz CT molecular complexity index is 672. The highest BCUT2D eigenvalue weighted by Gasteiger charge is 2.22. The Hall–Kier alpha value is -1.89. The van der Waals surface area contributed by atoms with Gasteiger partial charge in [0.2, 0.25) is 11.8 Å². The summed E-state index contributed by atoms with van der Waals surface area (Å²) in [6.07, 6.45) is 0. The van der Waals surface area contributed by atoms with Crippen molar-refractivity contribution in [1.29, 1.82) is 0 Å². The molecule has 148 valence electrons. The number of rotatable bonds is 8. The van der Waals surface area contributed by atoms with Crippen molar-refractivity contribution >= 4 is 29.1 Å². The Morgan fingerprint density at radius 3 is 2.30 bits per heavy atom. The van der Waals surface area contributed by atoms with E-state index in [1.807, 2.05) is 30.9 Å². The molecule has 2 rings (SSSR count). The van der Waals surface area contributed by atoms with Gasteiger partial charge in [-0.25, -0.2) is 0 Å². The van der Waals surface area contributed by atoms with E-state index in [9.17, 15) is 9.59 Å². The zero-order valence-electron chi connectivity index (χ0n) is 16.2. The molecule has 0 unspecified atom stereocenters. The second kappa shape index (κ2) is 10.4. The third-order valence-corrected chi connectivity index (χ3v) is 4.86. The van der Waals surface area contributed by atoms with Crippen molar-refractivity contribution in [1.82, 2.24) is 14.7 Å². The largest absolute Gasteiger partial charge is 0.338 e. The highest BCUT2D eigenvalue weighted by molar-refractivity contribution is 6.33. The third-order valence-electron chi connectivity index (χ3n) is 4.53. The van der Waals surface area contributed by atoms with Gasteiger partial charge in [-0.15, -0.1) is 0 Å². The predicted molar refractivity (Wildman–Crippen MR) is 110 cm³/mol. The monoisotopic (exact) mass is 392 g/mol. The lowest BCUT2D eigenvalue weighted by molar-refractivity contribution is -0.132. The molecule has 0 saturated carbocycles. The zero-order valence-corrected chi connectivity index (χ0v) is 17.0. The molecule has 1 N–H and O–H groups in total. The van der Waals surface area contributed by atoms with Crippen LogP contribution in [0.3, 0.4) is 0 Å². The first-order valence-electron chi connectivity index (χ1n) is 9.30. The summed E-state index contributed by atoms with van der Waals surface area (Å²) in [5, 5.41) is 3.38. The number of para-hydroxylation sites is 1. The van der Waals surface area contributed by atoms with Crippen molar-refractivity contribution in [3.63, 3.8) is 0 Å². The van der Waals surface area contributed by atoms with Crippen LogP contribution < -0.4 is 5.32 Å². The molecule has 0 aromatic heterocycles. The molecule has 0 radical (unpaired) electrons. The maximum absolute atomic E-state index is 12.4. The Morgan fingerprint density at radius 2 is 1.74 bits per heavy atom. The standard InChI is InChI=1S/C20H29ClN4O2/c1-4-25(13-16(2)3)20(27)15-24-11-9-23(10-12-24)14-19(26)22-18-8-6-5-7-17(18)21/h5-8H,2,4,9-15H2,1,3H3,(H,22,26). The van der Waals surface area contributed by atoms with Crippen LogP contribution in [0.2, 0.25) is 5.02 Å². The minimum absolute atomic E-state index is 0.0776. The Balaban J connectivity index is 1.75. The molecular formula is C20H29ClN4O2. The normalized spacial score (nSPS) is 15.4. The summed E-state index contributed by atoms with van der Waals surface area (Å²) in [5.41, 5.74) is 1.62. The van der Waals surface area contributed by atoms with Crippen LogP contribution in [-0.4, -0.2) is 78.9 Å². The number of amides is 2. The molecule has 7 heteroatoms. The van der Waals surface area contributed by atoms with Gasteiger partial charge < -0.3 is 10.2 Å². The molecular weight excluding hydrogens is 364 g/mol. The van der Waals surface area contributed by atoms with Crippen LogP contribution in [0.5, 0.6) is 0 Å². The van der Waals surface area contributed by atoms with Gasteiger partial charge in [0.1, 0.15) is 0 Å². The maximum Gasteiger partial charge on any atom is 0.238 e. The van der Waals surface area contributed by atoms with Crippen molar-refractivity contribution in [3.8, 4) is 0 Å². The van der Waals surface area contributed by atoms with Crippen LogP contribution in [0, 0.1) is 0 Å². The van der Waals surface area contributed by atoms with E-state index in [1.165, 1.54) is 0 Å². The average Bonchev–Trinajstić information content (AvgIpc) is 2.63. The van der Waals surface area contributed by atoms with Gasteiger partial charge in [0.15, 0.2) is 0 Å². The Kier molecular flexibility index (Phi) is 8.28. The molecule has 1 aromatic carbocycles. The van der Waals surface area contributed by atoms with Crippen molar-refractivity contribution in [2.24, 2.45) is 0 Å². The van der Waals surface area contributed by atoms with Gasteiger partial charge in [-0.2, -0.15) is 0 Å². The summed E-state index contributed by atoms with van der Waals surface area (Å²) in [6.45, 7) is 12.9. The highest BCUT2D eigenvalue weighted by Crippen LogP contribution is 2.20. The van der Waals surface area contributed by atoms with E-state index < -0.39 is 0 Å². The highest BCUT2D eigenvalue weighted by atomic mass is 35.5. The lowest BCUT2D eigenvalue weighted by atomic mass is 10.2. The summed E-state index contributed by atoms with van der Waals surface area (Å²) in [7, 11) is 0. The number of nitrogens with zero attached hydrogens (tertiary/aromatic N) is 3.